The zero-order valence-corrected chi connectivity index (χ0v) is 15.8. The second-order valence-electron chi connectivity index (χ2n) is 7.08. The third-order valence-electron chi connectivity index (χ3n) is 5.13. The van der Waals surface area contributed by atoms with Crippen LogP contribution in [0.5, 0.6) is 11.5 Å². The Balaban J connectivity index is 1.57. The first-order chi connectivity index (χ1) is 14.4. The van der Waals surface area contributed by atoms with E-state index in [9.17, 15) is 23.8 Å². The second kappa shape index (κ2) is 8.12. The van der Waals surface area contributed by atoms with Gasteiger partial charge in [-0.1, -0.05) is 12.1 Å². The minimum atomic E-state index is -1.13. The molecule has 2 N–H and O–H groups in total. The van der Waals surface area contributed by atoms with Gasteiger partial charge in [0.1, 0.15) is 35.8 Å². The minimum Gasteiger partial charge on any atom is -0.508 e. The molecule has 0 spiro atoms. The number of amides is 1. The molecule has 0 aromatic heterocycles. The maximum atomic E-state index is 13.3. The summed E-state index contributed by atoms with van der Waals surface area (Å²) in [6.07, 6.45) is -1.13. The number of aromatic hydroxyl groups is 1. The summed E-state index contributed by atoms with van der Waals surface area (Å²) >= 11 is 0. The SMILES string of the molecule is O=C1[C@@H]([C@H](O)COc2ccc(F)cc2)[C@@H](c2ccc(O)cc2)N1c1ccc(F)cc1. The van der Waals surface area contributed by atoms with Crippen LogP contribution in [0.4, 0.5) is 14.5 Å². The molecule has 3 aromatic rings. The van der Waals surface area contributed by atoms with E-state index in [1.807, 2.05) is 0 Å². The molecule has 4 rings (SSSR count). The van der Waals surface area contributed by atoms with Gasteiger partial charge < -0.3 is 19.8 Å². The highest BCUT2D eigenvalue weighted by Crippen LogP contribution is 2.45. The normalized spacial score (nSPS) is 19.3. The van der Waals surface area contributed by atoms with Crippen molar-refractivity contribution in [3.05, 3.63) is 90.0 Å². The Kier molecular flexibility index (Phi) is 5.37. The van der Waals surface area contributed by atoms with Gasteiger partial charge in [0.2, 0.25) is 5.91 Å². The third kappa shape index (κ3) is 3.84. The molecule has 154 valence electrons. The van der Waals surface area contributed by atoms with Crippen LogP contribution in [0.25, 0.3) is 0 Å². The first-order valence-corrected chi connectivity index (χ1v) is 9.38. The fourth-order valence-electron chi connectivity index (χ4n) is 3.62. The van der Waals surface area contributed by atoms with Gasteiger partial charge in [-0.25, -0.2) is 8.78 Å². The van der Waals surface area contributed by atoms with E-state index < -0.39 is 29.7 Å². The molecular weight excluding hydrogens is 392 g/mol. The number of benzene rings is 3. The van der Waals surface area contributed by atoms with Gasteiger partial charge >= 0.3 is 0 Å². The van der Waals surface area contributed by atoms with E-state index in [0.29, 0.717) is 17.0 Å². The predicted molar refractivity (Wildman–Crippen MR) is 106 cm³/mol. The maximum absolute atomic E-state index is 13.3. The number of hydrogen-bond donors (Lipinski definition) is 2. The number of halogens is 2. The smallest absolute Gasteiger partial charge is 0.235 e. The summed E-state index contributed by atoms with van der Waals surface area (Å²) < 4.78 is 31.9. The van der Waals surface area contributed by atoms with Gasteiger partial charge in [0.25, 0.3) is 0 Å². The van der Waals surface area contributed by atoms with Crippen LogP contribution in [0.2, 0.25) is 0 Å². The lowest BCUT2D eigenvalue weighted by Gasteiger charge is -2.49. The summed E-state index contributed by atoms with van der Waals surface area (Å²) in [7, 11) is 0. The highest BCUT2D eigenvalue weighted by molar-refractivity contribution is 6.03. The van der Waals surface area contributed by atoms with Gasteiger partial charge in [-0.05, 0) is 66.2 Å². The Hall–Kier alpha value is -3.45. The van der Waals surface area contributed by atoms with Crippen molar-refractivity contribution in [3.63, 3.8) is 0 Å². The lowest BCUT2D eigenvalue weighted by Crippen LogP contribution is -2.60. The zero-order chi connectivity index (χ0) is 21.3. The van der Waals surface area contributed by atoms with Crippen molar-refractivity contribution < 1.29 is 28.5 Å². The third-order valence-corrected chi connectivity index (χ3v) is 5.13. The minimum absolute atomic E-state index is 0.0782. The van der Waals surface area contributed by atoms with Gasteiger partial charge in [-0.2, -0.15) is 0 Å². The molecule has 1 saturated heterocycles. The van der Waals surface area contributed by atoms with Crippen LogP contribution >= 0.6 is 0 Å². The summed E-state index contributed by atoms with van der Waals surface area (Å²) in [6.45, 7) is -0.159. The highest BCUT2D eigenvalue weighted by atomic mass is 19.1. The van der Waals surface area contributed by atoms with Crippen molar-refractivity contribution >= 4 is 11.6 Å². The fourth-order valence-corrected chi connectivity index (χ4v) is 3.62. The lowest BCUT2D eigenvalue weighted by atomic mass is 9.78. The number of hydrogen-bond acceptors (Lipinski definition) is 4. The average Bonchev–Trinajstić information content (AvgIpc) is 2.74. The van der Waals surface area contributed by atoms with Crippen molar-refractivity contribution in [1.29, 1.82) is 0 Å². The molecule has 1 fully saturated rings. The molecule has 5 nitrogen and oxygen atoms in total. The molecule has 3 aromatic carbocycles. The van der Waals surface area contributed by atoms with Crippen molar-refractivity contribution in [1.82, 2.24) is 0 Å². The largest absolute Gasteiger partial charge is 0.508 e. The molecule has 7 heteroatoms. The molecule has 0 radical (unpaired) electrons. The summed E-state index contributed by atoms with van der Waals surface area (Å²) in [5.74, 6) is -1.49. The molecule has 0 unspecified atom stereocenters. The Morgan fingerprint density at radius 1 is 0.900 bits per heavy atom. The van der Waals surface area contributed by atoms with E-state index in [4.69, 9.17) is 4.74 Å². The lowest BCUT2D eigenvalue weighted by molar-refractivity contribution is -0.137. The van der Waals surface area contributed by atoms with Crippen molar-refractivity contribution in [2.75, 3.05) is 11.5 Å². The molecule has 30 heavy (non-hydrogen) atoms. The first-order valence-electron chi connectivity index (χ1n) is 9.38. The molecule has 0 bridgehead atoms. The number of aliphatic hydroxyl groups excluding tert-OH is 1. The Morgan fingerprint density at radius 3 is 2.07 bits per heavy atom. The van der Waals surface area contributed by atoms with Gasteiger partial charge in [-0.3, -0.25) is 4.79 Å². The van der Waals surface area contributed by atoms with Gasteiger partial charge in [0.15, 0.2) is 0 Å². The number of carbonyl (C=O) groups excluding carboxylic acids is 1. The molecule has 1 aliphatic heterocycles. The van der Waals surface area contributed by atoms with Crippen LogP contribution in [-0.2, 0) is 4.79 Å². The predicted octanol–water partition coefficient (Wildman–Crippen LogP) is 3.81. The van der Waals surface area contributed by atoms with Gasteiger partial charge in [-0.15, -0.1) is 0 Å². The van der Waals surface area contributed by atoms with E-state index in [1.165, 1.54) is 65.6 Å². The van der Waals surface area contributed by atoms with E-state index in [2.05, 4.69) is 0 Å². The first kappa shape index (κ1) is 19.8. The van der Waals surface area contributed by atoms with Crippen molar-refractivity contribution in [3.8, 4) is 11.5 Å². The number of phenolic OH excluding ortho intramolecular Hbond substituents is 1. The number of rotatable bonds is 6. The average molecular weight is 411 g/mol. The molecule has 0 aliphatic carbocycles. The van der Waals surface area contributed by atoms with Crippen LogP contribution in [0.1, 0.15) is 11.6 Å². The molecular formula is C23H19F2NO4. The quantitative estimate of drug-likeness (QED) is 0.605. The second-order valence-corrected chi connectivity index (χ2v) is 7.08. The summed E-state index contributed by atoms with van der Waals surface area (Å²) in [5.41, 5.74) is 1.21. The number of nitrogens with zero attached hydrogens (tertiary/aromatic N) is 1. The Bertz CT molecular complexity index is 1020. The van der Waals surface area contributed by atoms with Gasteiger partial charge in [0, 0.05) is 5.69 Å². The van der Waals surface area contributed by atoms with Crippen LogP contribution in [-0.4, -0.2) is 28.8 Å². The standard InChI is InChI=1S/C23H19F2NO4/c24-15-3-7-17(8-4-15)26-22(14-1-9-18(27)10-2-14)21(23(26)29)20(28)13-30-19-11-5-16(25)6-12-19/h1-12,20-22,27-28H,13H2/t20-,21+,22-/m1/s1. The van der Waals surface area contributed by atoms with E-state index in [0.717, 1.165) is 0 Å². The van der Waals surface area contributed by atoms with Crippen molar-refractivity contribution in [2.24, 2.45) is 5.92 Å². The van der Waals surface area contributed by atoms with Crippen LogP contribution in [0.15, 0.2) is 72.8 Å². The fraction of sp³-hybridized carbons (Fsp3) is 0.174. The number of phenols is 1. The molecule has 0 saturated carbocycles. The topological polar surface area (TPSA) is 70.0 Å². The van der Waals surface area contributed by atoms with E-state index in [1.54, 1.807) is 12.1 Å². The van der Waals surface area contributed by atoms with Crippen LogP contribution < -0.4 is 9.64 Å². The monoisotopic (exact) mass is 411 g/mol. The molecule has 1 amide bonds. The van der Waals surface area contributed by atoms with Crippen molar-refractivity contribution in [2.45, 2.75) is 12.1 Å². The number of aliphatic hydroxyl groups is 1. The Morgan fingerprint density at radius 2 is 1.47 bits per heavy atom. The molecule has 3 atom stereocenters. The highest BCUT2D eigenvalue weighted by Gasteiger charge is 2.52. The zero-order valence-electron chi connectivity index (χ0n) is 15.8. The number of carbonyl (C=O) groups is 1. The van der Waals surface area contributed by atoms with Crippen LogP contribution in [0, 0.1) is 17.6 Å². The van der Waals surface area contributed by atoms with E-state index >= 15 is 0 Å². The van der Waals surface area contributed by atoms with Gasteiger partial charge in [0.05, 0.1) is 12.0 Å². The summed E-state index contributed by atoms with van der Waals surface area (Å²) in [5, 5.41) is 20.3. The molecule has 1 heterocycles. The molecule has 1 aliphatic rings. The summed E-state index contributed by atoms with van der Waals surface area (Å²) in [6, 6.07) is 16.7. The maximum Gasteiger partial charge on any atom is 0.235 e. The summed E-state index contributed by atoms with van der Waals surface area (Å²) in [4.78, 5) is 14.4. The van der Waals surface area contributed by atoms with E-state index in [-0.39, 0.29) is 18.3 Å². The number of ether oxygens (including phenoxy) is 1. The number of anilines is 1. The van der Waals surface area contributed by atoms with Crippen LogP contribution in [0.3, 0.4) is 0 Å². The Labute approximate surface area is 171 Å². The number of β-lactam (4-membered cyclic amide) rings is 1.